The second-order valence-electron chi connectivity index (χ2n) is 5.96. The number of methoxy groups -OCH3 is 2. The summed E-state index contributed by atoms with van der Waals surface area (Å²) in [6.07, 6.45) is 0. The van der Waals surface area contributed by atoms with Crippen LogP contribution in [0.15, 0.2) is 59.5 Å². The van der Waals surface area contributed by atoms with E-state index < -0.39 is 10.0 Å². The number of anilines is 2. The smallest absolute Gasteiger partial charge is 0.261 e. The first-order valence-electron chi connectivity index (χ1n) is 8.29. The van der Waals surface area contributed by atoms with Crippen LogP contribution in [0.1, 0.15) is 6.92 Å². The van der Waals surface area contributed by atoms with Gasteiger partial charge in [-0.3, -0.25) is 4.72 Å². The minimum Gasteiger partial charge on any atom is -0.497 e. The maximum Gasteiger partial charge on any atom is 0.261 e. The van der Waals surface area contributed by atoms with Crippen LogP contribution >= 0.6 is 12.2 Å². The highest BCUT2D eigenvalue weighted by atomic mass is 32.2. The number of nitrogens with one attached hydrogen (secondary N) is 3. The highest BCUT2D eigenvalue weighted by Crippen LogP contribution is 2.28. The molecule has 0 aliphatic rings. The molecule has 0 aromatic heterocycles. The van der Waals surface area contributed by atoms with E-state index in [-0.39, 0.29) is 4.90 Å². The normalized spacial score (nSPS) is 10.7. The average molecular weight is 422 g/mol. The molecule has 7 nitrogen and oxygen atoms in total. The van der Waals surface area contributed by atoms with Crippen LogP contribution in [0.5, 0.6) is 11.5 Å². The van der Waals surface area contributed by atoms with E-state index in [4.69, 9.17) is 21.7 Å². The molecule has 3 N–H and O–H groups in total. The molecule has 2 aromatic carbocycles. The van der Waals surface area contributed by atoms with Gasteiger partial charge in [-0.05, 0) is 61.6 Å². The zero-order valence-electron chi connectivity index (χ0n) is 15.9. The fourth-order valence-electron chi connectivity index (χ4n) is 2.22. The molecule has 0 heterocycles. The fraction of sp³-hybridized carbons (Fsp3) is 0.211. The zero-order chi connectivity index (χ0) is 20.7. The van der Waals surface area contributed by atoms with Gasteiger partial charge in [-0.25, -0.2) is 8.42 Å². The Kier molecular flexibility index (Phi) is 7.24. The largest absolute Gasteiger partial charge is 0.497 e. The van der Waals surface area contributed by atoms with Crippen LogP contribution in [0.4, 0.5) is 11.4 Å². The van der Waals surface area contributed by atoms with Crippen LogP contribution in [-0.4, -0.2) is 34.3 Å². The Morgan fingerprint density at radius 2 is 1.79 bits per heavy atom. The van der Waals surface area contributed by atoms with Crippen molar-refractivity contribution in [3.05, 3.63) is 54.6 Å². The van der Waals surface area contributed by atoms with Gasteiger partial charge in [0.25, 0.3) is 10.0 Å². The first kappa shape index (κ1) is 21.5. The van der Waals surface area contributed by atoms with Crippen molar-refractivity contribution in [2.45, 2.75) is 11.8 Å². The van der Waals surface area contributed by atoms with Crippen LogP contribution in [0.2, 0.25) is 0 Å². The van der Waals surface area contributed by atoms with Gasteiger partial charge < -0.3 is 20.1 Å². The van der Waals surface area contributed by atoms with Crippen molar-refractivity contribution >= 4 is 38.7 Å². The summed E-state index contributed by atoms with van der Waals surface area (Å²) < 4.78 is 38.4. The Bertz CT molecular complexity index is 958. The second kappa shape index (κ2) is 9.43. The summed E-state index contributed by atoms with van der Waals surface area (Å²) in [4.78, 5) is 0.0642. The van der Waals surface area contributed by atoms with Crippen LogP contribution < -0.4 is 24.8 Å². The van der Waals surface area contributed by atoms with Crippen LogP contribution in [-0.2, 0) is 10.0 Å². The summed E-state index contributed by atoms with van der Waals surface area (Å²) in [5.74, 6) is 1.09. The summed E-state index contributed by atoms with van der Waals surface area (Å²) in [6, 6.07) is 11.1. The van der Waals surface area contributed by atoms with Crippen molar-refractivity contribution in [1.82, 2.24) is 5.32 Å². The molecule has 0 bridgehead atoms. The summed E-state index contributed by atoms with van der Waals surface area (Å²) in [7, 11) is -0.769. The summed E-state index contributed by atoms with van der Waals surface area (Å²) in [5, 5.41) is 6.27. The lowest BCUT2D eigenvalue weighted by molar-refractivity contribution is 0.415. The van der Waals surface area contributed by atoms with Gasteiger partial charge in [0.15, 0.2) is 5.11 Å². The number of rotatable bonds is 8. The molecule has 2 rings (SSSR count). The lowest BCUT2D eigenvalue weighted by Crippen LogP contribution is -2.29. The van der Waals surface area contributed by atoms with Gasteiger partial charge >= 0.3 is 0 Å². The minimum atomic E-state index is -3.81. The van der Waals surface area contributed by atoms with Crippen molar-refractivity contribution < 1.29 is 17.9 Å². The molecule has 0 aliphatic carbocycles. The first-order chi connectivity index (χ1) is 13.2. The van der Waals surface area contributed by atoms with Gasteiger partial charge in [-0.15, -0.1) is 0 Å². The quantitative estimate of drug-likeness (QED) is 0.445. The molecule has 0 aliphatic heterocycles. The Labute approximate surface area is 170 Å². The minimum absolute atomic E-state index is 0.0642. The van der Waals surface area contributed by atoms with Crippen molar-refractivity contribution in [3.8, 4) is 11.5 Å². The van der Waals surface area contributed by atoms with Crippen molar-refractivity contribution in [2.75, 3.05) is 30.8 Å². The number of hydrogen-bond acceptors (Lipinski definition) is 5. The SMILES string of the molecule is C=C(C)CNC(=S)Nc1cc(S(=O)(=O)Nc2ccc(OC)cc2)ccc1OC. The molecule has 2 aromatic rings. The van der Waals surface area contributed by atoms with Gasteiger partial charge in [0.1, 0.15) is 11.5 Å². The molecule has 0 spiro atoms. The molecular weight excluding hydrogens is 398 g/mol. The zero-order valence-corrected chi connectivity index (χ0v) is 17.5. The predicted molar refractivity (Wildman–Crippen MR) is 116 cm³/mol. The van der Waals surface area contributed by atoms with Gasteiger partial charge in [0.2, 0.25) is 0 Å². The number of benzene rings is 2. The number of ether oxygens (including phenoxy) is 2. The molecule has 0 fully saturated rings. The highest BCUT2D eigenvalue weighted by molar-refractivity contribution is 7.92. The van der Waals surface area contributed by atoms with Crippen molar-refractivity contribution in [3.63, 3.8) is 0 Å². The predicted octanol–water partition coefficient (Wildman–Crippen LogP) is 3.37. The molecule has 150 valence electrons. The third-order valence-electron chi connectivity index (χ3n) is 3.62. The molecule has 0 amide bonds. The van der Waals surface area contributed by atoms with Gasteiger partial charge in [0.05, 0.1) is 24.8 Å². The van der Waals surface area contributed by atoms with Crippen LogP contribution in [0.3, 0.4) is 0 Å². The maximum atomic E-state index is 12.7. The van der Waals surface area contributed by atoms with Gasteiger partial charge in [0, 0.05) is 12.2 Å². The van der Waals surface area contributed by atoms with E-state index in [1.807, 2.05) is 6.92 Å². The molecule has 9 heteroatoms. The summed E-state index contributed by atoms with van der Waals surface area (Å²) >= 11 is 5.23. The molecular formula is C19H23N3O4S2. The van der Waals surface area contributed by atoms with E-state index in [1.54, 1.807) is 37.4 Å². The molecule has 0 saturated heterocycles. The molecule has 0 saturated carbocycles. The average Bonchev–Trinajstić information content (AvgIpc) is 2.66. The van der Waals surface area contributed by atoms with E-state index in [0.717, 1.165) is 5.57 Å². The Hall–Kier alpha value is -2.78. The molecule has 0 radical (unpaired) electrons. The Morgan fingerprint density at radius 1 is 1.11 bits per heavy atom. The molecule has 0 unspecified atom stereocenters. The third kappa shape index (κ3) is 5.86. The number of hydrogen-bond donors (Lipinski definition) is 3. The molecule has 28 heavy (non-hydrogen) atoms. The maximum absolute atomic E-state index is 12.7. The molecule has 0 atom stereocenters. The topological polar surface area (TPSA) is 88.7 Å². The van der Waals surface area contributed by atoms with E-state index in [0.29, 0.717) is 34.5 Å². The third-order valence-corrected chi connectivity index (χ3v) is 5.25. The number of thiocarbonyl (C=S) groups is 1. The second-order valence-corrected chi connectivity index (χ2v) is 8.05. The number of sulfonamides is 1. The van der Waals surface area contributed by atoms with Crippen molar-refractivity contribution in [1.29, 1.82) is 0 Å². The van der Waals surface area contributed by atoms with Gasteiger partial charge in [-0.1, -0.05) is 12.2 Å². The fourth-order valence-corrected chi connectivity index (χ4v) is 3.49. The Morgan fingerprint density at radius 3 is 2.36 bits per heavy atom. The van der Waals surface area contributed by atoms with E-state index >= 15 is 0 Å². The summed E-state index contributed by atoms with van der Waals surface area (Å²) in [6.45, 7) is 6.17. The van der Waals surface area contributed by atoms with E-state index in [2.05, 4.69) is 21.9 Å². The lowest BCUT2D eigenvalue weighted by atomic mass is 10.3. The summed E-state index contributed by atoms with van der Waals surface area (Å²) in [5.41, 5.74) is 1.76. The monoisotopic (exact) mass is 421 g/mol. The lowest BCUT2D eigenvalue weighted by Gasteiger charge is -2.15. The highest BCUT2D eigenvalue weighted by Gasteiger charge is 2.17. The first-order valence-corrected chi connectivity index (χ1v) is 10.2. The van der Waals surface area contributed by atoms with Crippen LogP contribution in [0, 0.1) is 0 Å². The van der Waals surface area contributed by atoms with E-state index in [1.165, 1.54) is 19.2 Å². The van der Waals surface area contributed by atoms with Gasteiger partial charge in [-0.2, -0.15) is 0 Å². The van der Waals surface area contributed by atoms with Crippen molar-refractivity contribution in [2.24, 2.45) is 0 Å². The van der Waals surface area contributed by atoms with Crippen LogP contribution in [0.25, 0.3) is 0 Å². The standard InChI is InChI=1S/C19H23N3O4S2/c1-13(2)12-20-19(27)21-17-11-16(9-10-18(17)26-4)28(23,24)22-14-5-7-15(25-3)8-6-14/h5-11,22H,1,12H2,2-4H3,(H2,20,21,27). The Balaban J connectivity index is 2.23. The van der Waals surface area contributed by atoms with E-state index in [9.17, 15) is 8.42 Å².